The van der Waals surface area contributed by atoms with E-state index in [1.165, 1.54) is 11.9 Å². The number of fused-ring (bicyclic) bond motifs is 2. The quantitative estimate of drug-likeness (QED) is 0.566. The maximum absolute atomic E-state index is 14.1. The van der Waals surface area contributed by atoms with Crippen LogP contribution in [0.25, 0.3) is 0 Å². The number of hydrogen-bond donors (Lipinski definition) is 3. The van der Waals surface area contributed by atoms with Crippen LogP contribution in [0, 0.1) is 0 Å². The van der Waals surface area contributed by atoms with Crippen LogP contribution < -0.4 is 15.4 Å². The molecular formula is C26H37N5O6. The predicted molar refractivity (Wildman–Crippen MR) is 135 cm³/mol. The lowest BCUT2D eigenvalue weighted by Gasteiger charge is -2.45. The largest absolute Gasteiger partial charge is 0.493 e. The van der Waals surface area contributed by atoms with E-state index in [1.54, 1.807) is 25.7 Å². The Morgan fingerprint density at radius 1 is 1.11 bits per heavy atom. The number of carbonyl (C=O) groups excluding carboxylic acids is 3. The zero-order chi connectivity index (χ0) is 26.9. The van der Waals surface area contributed by atoms with Crippen LogP contribution >= 0.6 is 0 Å². The molecule has 11 heteroatoms. The summed E-state index contributed by atoms with van der Waals surface area (Å²) >= 11 is 0. The van der Waals surface area contributed by atoms with Crippen LogP contribution in [0.4, 0.5) is 9.59 Å². The number of ether oxygens (including phenoxy) is 1. The average molecular weight is 516 g/mol. The molecule has 1 aromatic rings. The van der Waals surface area contributed by atoms with Gasteiger partial charge in [-0.15, -0.1) is 0 Å². The molecule has 37 heavy (non-hydrogen) atoms. The van der Waals surface area contributed by atoms with Gasteiger partial charge in [0, 0.05) is 37.2 Å². The Morgan fingerprint density at radius 3 is 2.51 bits per heavy atom. The van der Waals surface area contributed by atoms with Crippen molar-refractivity contribution in [1.29, 1.82) is 0 Å². The summed E-state index contributed by atoms with van der Waals surface area (Å²) in [5.74, 6) is 0.0425. The van der Waals surface area contributed by atoms with E-state index in [-0.39, 0.29) is 30.6 Å². The van der Waals surface area contributed by atoms with Crippen molar-refractivity contribution in [1.82, 2.24) is 25.3 Å². The number of nitrogens with one attached hydrogen (secondary N) is 2. The monoisotopic (exact) mass is 515 g/mol. The minimum absolute atomic E-state index is 0.0903. The SMILES string of the molecule is CNC(=O)N1CC[C@H]2CC[C@@H](C(=O)N[C@@H]3CCOc4ccccc43)N2C(=O)[C@@H](N(C(=O)O)C(C)(C)C)C1. The van der Waals surface area contributed by atoms with Crippen molar-refractivity contribution < 1.29 is 29.0 Å². The number of nitrogens with zero attached hydrogens (tertiary/aromatic N) is 3. The minimum atomic E-state index is -1.25. The first-order valence-electron chi connectivity index (χ1n) is 12.9. The van der Waals surface area contributed by atoms with E-state index >= 15 is 0 Å². The lowest BCUT2D eigenvalue weighted by Crippen LogP contribution is -2.65. The summed E-state index contributed by atoms with van der Waals surface area (Å²) in [7, 11) is 1.51. The van der Waals surface area contributed by atoms with Gasteiger partial charge in [0.2, 0.25) is 11.8 Å². The van der Waals surface area contributed by atoms with E-state index in [9.17, 15) is 24.3 Å². The van der Waals surface area contributed by atoms with Gasteiger partial charge < -0.3 is 30.3 Å². The average Bonchev–Trinajstić information content (AvgIpc) is 3.26. The molecule has 0 bridgehead atoms. The maximum Gasteiger partial charge on any atom is 0.408 e. The van der Waals surface area contributed by atoms with Gasteiger partial charge in [-0.05, 0) is 46.1 Å². The number of carboxylic acid groups (broad SMARTS) is 1. The Labute approximate surface area is 217 Å². The molecule has 0 unspecified atom stereocenters. The number of hydrogen-bond acceptors (Lipinski definition) is 5. The summed E-state index contributed by atoms with van der Waals surface area (Å²) in [6.45, 7) is 5.88. The molecule has 202 valence electrons. The third-order valence-corrected chi connectivity index (χ3v) is 7.49. The molecule has 0 spiro atoms. The van der Waals surface area contributed by atoms with E-state index in [0.717, 1.165) is 16.2 Å². The highest BCUT2D eigenvalue weighted by molar-refractivity contribution is 5.93. The lowest BCUT2D eigenvalue weighted by atomic mass is 9.99. The second-order valence-electron chi connectivity index (χ2n) is 10.9. The first-order chi connectivity index (χ1) is 17.5. The Kier molecular flexibility index (Phi) is 7.52. The van der Waals surface area contributed by atoms with Crippen molar-refractivity contribution in [3.05, 3.63) is 29.8 Å². The zero-order valence-electron chi connectivity index (χ0n) is 21.9. The summed E-state index contributed by atoms with van der Waals surface area (Å²) in [6, 6.07) is 4.86. The van der Waals surface area contributed by atoms with Gasteiger partial charge in [-0.1, -0.05) is 18.2 Å². The summed E-state index contributed by atoms with van der Waals surface area (Å²) in [5, 5.41) is 15.8. The smallest absolute Gasteiger partial charge is 0.408 e. The summed E-state index contributed by atoms with van der Waals surface area (Å²) in [6.07, 6.45) is 0.956. The van der Waals surface area contributed by atoms with Crippen molar-refractivity contribution in [2.75, 3.05) is 26.7 Å². The maximum atomic E-state index is 14.1. The number of para-hydroxylation sites is 1. The normalized spacial score (nSPS) is 25.7. The second kappa shape index (κ2) is 10.5. The van der Waals surface area contributed by atoms with Gasteiger partial charge in [0.25, 0.3) is 0 Å². The number of benzene rings is 1. The molecular weight excluding hydrogens is 478 g/mol. The Balaban J connectivity index is 1.63. The highest BCUT2D eigenvalue weighted by Gasteiger charge is 2.49. The summed E-state index contributed by atoms with van der Waals surface area (Å²) in [5.41, 5.74) is -0.00193. The summed E-state index contributed by atoms with van der Waals surface area (Å²) in [4.78, 5) is 56.8. The molecule has 3 N–H and O–H groups in total. The molecule has 2 fully saturated rings. The van der Waals surface area contributed by atoms with Crippen LogP contribution in [0.5, 0.6) is 5.75 Å². The van der Waals surface area contributed by atoms with Gasteiger partial charge in [0.15, 0.2) is 0 Å². The Morgan fingerprint density at radius 2 is 1.84 bits per heavy atom. The zero-order valence-corrected chi connectivity index (χ0v) is 21.9. The minimum Gasteiger partial charge on any atom is -0.493 e. The standard InChI is InChI=1S/C26H37N5O6/c1-26(2,3)31(25(35)36)20-15-29(24(34)27-4)13-11-16-9-10-19(30(16)23(20)33)22(32)28-18-12-14-37-21-8-6-5-7-17(18)21/h5-8,16,18-20H,9-15H2,1-4H3,(H,27,34)(H,28,32)(H,35,36)/t16-,18-,19+,20+/m1/s1. The van der Waals surface area contributed by atoms with Gasteiger partial charge >= 0.3 is 12.1 Å². The van der Waals surface area contributed by atoms with Gasteiger partial charge in [0.1, 0.15) is 17.8 Å². The fraction of sp³-hybridized carbons (Fsp3) is 0.615. The Bertz CT molecular complexity index is 1060. The van der Waals surface area contributed by atoms with E-state index in [1.807, 2.05) is 24.3 Å². The molecule has 11 nitrogen and oxygen atoms in total. The van der Waals surface area contributed by atoms with Crippen LogP contribution in [0.3, 0.4) is 0 Å². The van der Waals surface area contributed by atoms with E-state index < -0.39 is 29.6 Å². The molecule has 0 saturated carbocycles. The molecule has 4 atom stereocenters. The fourth-order valence-corrected chi connectivity index (χ4v) is 5.79. The van der Waals surface area contributed by atoms with Crippen LogP contribution in [0.15, 0.2) is 24.3 Å². The highest BCUT2D eigenvalue weighted by atomic mass is 16.5. The third kappa shape index (κ3) is 5.30. The van der Waals surface area contributed by atoms with E-state index in [4.69, 9.17) is 4.74 Å². The molecule has 1 aromatic carbocycles. The second-order valence-corrected chi connectivity index (χ2v) is 10.9. The van der Waals surface area contributed by atoms with Crippen molar-refractivity contribution >= 4 is 23.9 Å². The first kappa shape index (κ1) is 26.6. The number of rotatable bonds is 3. The number of amides is 5. The van der Waals surface area contributed by atoms with Crippen molar-refractivity contribution in [2.45, 2.75) is 76.2 Å². The molecule has 2 saturated heterocycles. The molecule has 3 heterocycles. The van der Waals surface area contributed by atoms with Crippen molar-refractivity contribution in [2.24, 2.45) is 0 Å². The van der Waals surface area contributed by atoms with Crippen LogP contribution in [-0.2, 0) is 9.59 Å². The summed E-state index contributed by atoms with van der Waals surface area (Å²) < 4.78 is 5.71. The Hall–Kier alpha value is -3.50. The van der Waals surface area contributed by atoms with Gasteiger partial charge in [-0.3, -0.25) is 14.5 Å². The van der Waals surface area contributed by atoms with E-state index in [0.29, 0.717) is 38.8 Å². The molecule has 3 aliphatic rings. The van der Waals surface area contributed by atoms with Gasteiger partial charge in [-0.2, -0.15) is 0 Å². The van der Waals surface area contributed by atoms with Crippen LogP contribution in [0.2, 0.25) is 0 Å². The molecule has 3 aliphatic heterocycles. The molecule has 0 aromatic heterocycles. The molecule has 5 amide bonds. The highest BCUT2D eigenvalue weighted by Crippen LogP contribution is 2.35. The van der Waals surface area contributed by atoms with Crippen LogP contribution in [-0.4, -0.2) is 94.2 Å². The van der Waals surface area contributed by atoms with Crippen LogP contribution in [0.1, 0.15) is 58.1 Å². The van der Waals surface area contributed by atoms with Crippen molar-refractivity contribution in [3.63, 3.8) is 0 Å². The number of carbonyl (C=O) groups is 4. The van der Waals surface area contributed by atoms with Crippen molar-refractivity contribution in [3.8, 4) is 5.75 Å². The third-order valence-electron chi connectivity index (χ3n) is 7.49. The van der Waals surface area contributed by atoms with E-state index in [2.05, 4.69) is 10.6 Å². The molecule has 4 rings (SSSR count). The predicted octanol–water partition coefficient (Wildman–Crippen LogP) is 2.18. The van der Waals surface area contributed by atoms with Gasteiger partial charge in [-0.25, -0.2) is 9.59 Å². The number of urea groups is 1. The molecule has 0 aliphatic carbocycles. The fourth-order valence-electron chi connectivity index (χ4n) is 5.79. The topological polar surface area (TPSA) is 132 Å². The first-order valence-corrected chi connectivity index (χ1v) is 12.9. The van der Waals surface area contributed by atoms with Gasteiger partial charge in [0.05, 0.1) is 19.2 Å². The lowest BCUT2D eigenvalue weighted by molar-refractivity contribution is -0.147. The molecule has 0 radical (unpaired) electrons.